The van der Waals surface area contributed by atoms with E-state index in [1.165, 1.54) is 12.4 Å². The normalized spacial score (nSPS) is 14.1. The van der Waals surface area contributed by atoms with E-state index in [1.807, 2.05) is 0 Å². The van der Waals surface area contributed by atoms with E-state index in [-0.39, 0.29) is 35.6 Å². The fraction of sp³-hybridized carbons (Fsp3) is 0.455. The van der Waals surface area contributed by atoms with Crippen LogP contribution in [0.2, 0.25) is 5.15 Å². The summed E-state index contributed by atoms with van der Waals surface area (Å²) in [5.74, 6) is -0.404. The summed E-state index contributed by atoms with van der Waals surface area (Å²) in [7, 11) is 0. The number of carbonyl (C=O) groups is 2. The lowest BCUT2D eigenvalue weighted by atomic mass is 10.3. The van der Waals surface area contributed by atoms with Crippen LogP contribution in [0.15, 0.2) is 12.4 Å². The van der Waals surface area contributed by atoms with E-state index in [0.717, 1.165) is 12.8 Å². The average molecular weight is 269 g/mol. The van der Waals surface area contributed by atoms with Crippen molar-refractivity contribution in [2.75, 3.05) is 6.54 Å². The van der Waals surface area contributed by atoms with Crippen molar-refractivity contribution in [1.82, 2.24) is 20.6 Å². The number of nitrogens with one attached hydrogen (secondary N) is 2. The Balaban J connectivity index is 1.70. The molecule has 1 aliphatic carbocycles. The fourth-order valence-electron chi connectivity index (χ4n) is 1.34. The molecule has 1 aromatic rings. The van der Waals surface area contributed by atoms with Crippen molar-refractivity contribution in [3.05, 3.63) is 23.2 Å². The van der Waals surface area contributed by atoms with Crippen molar-refractivity contribution in [3.8, 4) is 0 Å². The Bertz CT molecular complexity index is 445. The largest absolute Gasteiger partial charge is 0.353 e. The third kappa shape index (κ3) is 3.96. The molecule has 1 heterocycles. The van der Waals surface area contributed by atoms with E-state index in [2.05, 4.69) is 20.6 Å². The highest BCUT2D eigenvalue weighted by Crippen LogP contribution is 2.18. The molecule has 0 bridgehead atoms. The monoisotopic (exact) mass is 268 g/mol. The third-order valence-corrected chi connectivity index (χ3v) is 2.63. The zero-order valence-corrected chi connectivity index (χ0v) is 10.4. The summed E-state index contributed by atoms with van der Waals surface area (Å²) in [6, 6.07) is 0.343. The SMILES string of the molecule is O=C(CCNC(=O)c1cnc(Cl)cn1)NC1CC1. The van der Waals surface area contributed by atoms with E-state index in [4.69, 9.17) is 11.6 Å². The van der Waals surface area contributed by atoms with Gasteiger partial charge in [-0.3, -0.25) is 9.59 Å². The number of hydrogen-bond donors (Lipinski definition) is 2. The van der Waals surface area contributed by atoms with Crippen molar-refractivity contribution >= 4 is 23.4 Å². The highest BCUT2D eigenvalue weighted by molar-refractivity contribution is 6.29. The van der Waals surface area contributed by atoms with Gasteiger partial charge in [0, 0.05) is 19.0 Å². The van der Waals surface area contributed by atoms with Crippen LogP contribution in [0.5, 0.6) is 0 Å². The van der Waals surface area contributed by atoms with Crippen molar-refractivity contribution in [1.29, 1.82) is 0 Å². The van der Waals surface area contributed by atoms with Crippen molar-refractivity contribution < 1.29 is 9.59 Å². The average Bonchev–Trinajstić information content (AvgIpc) is 3.13. The molecule has 1 fully saturated rings. The van der Waals surface area contributed by atoms with E-state index < -0.39 is 0 Å². The zero-order valence-electron chi connectivity index (χ0n) is 9.65. The number of halogens is 1. The lowest BCUT2D eigenvalue weighted by molar-refractivity contribution is -0.121. The number of hydrogen-bond acceptors (Lipinski definition) is 4. The molecule has 2 amide bonds. The second-order valence-electron chi connectivity index (χ2n) is 4.07. The Labute approximate surface area is 109 Å². The van der Waals surface area contributed by atoms with Gasteiger partial charge in [-0.2, -0.15) is 0 Å². The van der Waals surface area contributed by atoms with Gasteiger partial charge in [0.15, 0.2) is 0 Å². The zero-order chi connectivity index (χ0) is 13.0. The molecule has 1 aromatic heterocycles. The molecule has 7 heteroatoms. The maximum Gasteiger partial charge on any atom is 0.271 e. The van der Waals surface area contributed by atoms with Crippen LogP contribution in [-0.2, 0) is 4.79 Å². The number of amides is 2. The van der Waals surface area contributed by atoms with E-state index >= 15 is 0 Å². The molecule has 1 aliphatic rings. The molecule has 2 rings (SSSR count). The van der Waals surface area contributed by atoms with Crippen molar-refractivity contribution in [2.24, 2.45) is 0 Å². The van der Waals surface area contributed by atoms with E-state index in [1.54, 1.807) is 0 Å². The molecule has 1 saturated carbocycles. The van der Waals surface area contributed by atoms with Crippen LogP contribution in [0.1, 0.15) is 29.8 Å². The first-order chi connectivity index (χ1) is 8.65. The molecule has 6 nitrogen and oxygen atoms in total. The molecule has 0 aromatic carbocycles. The minimum Gasteiger partial charge on any atom is -0.353 e. The summed E-state index contributed by atoms with van der Waals surface area (Å²) in [4.78, 5) is 30.5. The van der Waals surface area contributed by atoms with Crippen LogP contribution in [0.4, 0.5) is 0 Å². The molecule has 0 aliphatic heterocycles. The van der Waals surface area contributed by atoms with Gasteiger partial charge in [-0.1, -0.05) is 11.6 Å². The van der Waals surface area contributed by atoms with Gasteiger partial charge in [0.2, 0.25) is 5.91 Å². The maximum atomic E-state index is 11.6. The second kappa shape index (κ2) is 5.77. The van der Waals surface area contributed by atoms with E-state index in [0.29, 0.717) is 6.04 Å². The first-order valence-corrected chi connectivity index (χ1v) is 6.08. The Kier molecular flexibility index (Phi) is 4.09. The van der Waals surface area contributed by atoms with Gasteiger partial charge in [0.25, 0.3) is 5.91 Å². The number of aromatic nitrogens is 2. The minimum absolute atomic E-state index is 0.0417. The summed E-state index contributed by atoms with van der Waals surface area (Å²) < 4.78 is 0. The van der Waals surface area contributed by atoms with Crippen LogP contribution in [0.25, 0.3) is 0 Å². The summed E-state index contributed by atoms with van der Waals surface area (Å²) >= 11 is 5.56. The molecular weight excluding hydrogens is 256 g/mol. The lowest BCUT2D eigenvalue weighted by Crippen LogP contribution is -2.32. The maximum absolute atomic E-state index is 11.6. The summed E-state index contributed by atoms with van der Waals surface area (Å²) in [6.45, 7) is 0.279. The van der Waals surface area contributed by atoms with Crippen LogP contribution >= 0.6 is 11.6 Å². The van der Waals surface area contributed by atoms with Crippen LogP contribution < -0.4 is 10.6 Å². The Morgan fingerprint density at radius 1 is 1.33 bits per heavy atom. The Morgan fingerprint density at radius 2 is 2.11 bits per heavy atom. The summed E-state index contributed by atoms with van der Waals surface area (Å²) in [6.07, 6.45) is 4.97. The standard InChI is InChI=1S/C11H13ClN4O2/c12-9-6-14-8(5-15-9)11(18)13-4-3-10(17)16-7-1-2-7/h5-7H,1-4H2,(H,13,18)(H,16,17). The molecule has 18 heavy (non-hydrogen) atoms. The van der Waals surface area contributed by atoms with Gasteiger partial charge in [0.05, 0.1) is 12.4 Å². The summed E-state index contributed by atoms with van der Waals surface area (Å²) in [5.41, 5.74) is 0.182. The molecule has 0 atom stereocenters. The topological polar surface area (TPSA) is 84.0 Å². The molecular formula is C11H13ClN4O2. The van der Waals surface area contributed by atoms with Crippen LogP contribution in [0, 0.1) is 0 Å². The second-order valence-corrected chi connectivity index (χ2v) is 4.46. The highest BCUT2D eigenvalue weighted by Gasteiger charge is 2.22. The quantitative estimate of drug-likeness (QED) is 0.816. The highest BCUT2D eigenvalue weighted by atomic mass is 35.5. The predicted molar refractivity (Wildman–Crippen MR) is 65.2 cm³/mol. The van der Waals surface area contributed by atoms with Gasteiger partial charge in [-0.15, -0.1) is 0 Å². The predicted octanol–water partition coefficient (Wildman–Crippen LogP) is 0.528. The fourth-order valence-corrected chi connectivity index (χ4v) is 1.43. The van der Waals surface area contributed by atoms with Crippen molar-refractivity contribution in [3.63, 3.8) is 0 Å². The number of rotatable bonds is 5. The number of nitrogens with zero attached hydrogens (tertiary/aromatic N) is 2. The molecule has 0 unspecified atom stereocenters. The molecule has 0 saturated heterocycles. The molecule has 0 spiro atoms. The van der Waals surface area contributed by atoms with Gasteiger partial charge in [0.1, 0.15) is 10.8 Å². The van der Waals surface area contributed by atoms with Crippen LogP contribution in [-0.4, -0.2) is 34.4 Å². The first-order valence-electron chi connectivity index (χ1n) is 5.70. The van der Waals surface area contributed by atoms with Gasteiger partial charge in [-0.05, 0) is 12.8 Å². The smallest absolute Gasteiger partial charge is 0.271 e. The Morgan fingerprint density at radius 3 is 2.72 bits per heavy atom. The number of carbonyl (C=O) groups excluding carboxylic acids is 2. The minimum atomic E-state index is -0.363. The Hall–Kier alpha value is -1.69. The van der Waals surface area contributed by atoms with Crippen molar-refractivity contribution in [2.45, 2.75) is 25.3 Å². The lowest BCUT2D eigenvalue weighted by Gasteiger charge is -2.05. The molecule has 0 radical (unpaired) electrons. The third-order valence-electron chi connectivity index (χ3n) is 2.43. The van der Waals surface area contributed by atoms with Gasteiger partial charge in [-0.25, -0.2) is 9.97 Å². The van der Waals surface area contributed by atoms with Gasteiger partial charge < -0.3 is 10.6 Å². The van der Waals surface area contributed by atoms with E-state index in [9.17, 15) is 9.59 Å². The molecule has 96 valence electrons. The van der Waals surface area contributed by atoms with Gasteiger partial charge >= 0.3 is 0 Å². The summed E-state index contributed by atoms with van der Waals surface area (Å²) in [5, 5.41) is 5.67. The molecule has 2 N–H and O–H groups in total. The van der Waals surface area contributed by atoms with Crippen LogP contribution in [0.3, 0.4) is 0 Å². The first kappa shape index (κ1) is 12.8.